The third-order valence-electron chi connectivity index (χ3n) is 3.19. The van der Waals surface area contributed by atoms with Crippen LogP contribution in [0.15, 0.2) is 59.5 Å². The van der Waals surface area contributed by atoms with Crippen molar-refractivity contribution >= 4 is 11.3 Å². The average Bonchev–Trinajstić information content (AvgIpc) is 2.47. The van der Waals surface area contributed by atoms with Gasteiger partial charge in [0, 0.05) is 18.0 Å². The Morgan fingerprint density at radius 2 is 1.95 bits per heavy atom. The van der Waals surface area contributed by atoms with Crippen LogP contribution in [0.1, 0.15) is 11.3 Å². The van der Waals surface area contributed by atoms with Crippen LogP contribution in [-0.4, -0.2) is 9.38 Å². The molecule has 0 unspecified atom stereocenters. The Morgan fingerprint density at radius 1 is 1.15 bits per heavy atom. The zero-order chi connectivity index (χ0) is 13.9. The van der Waals surface area contributed by atoms with E-state index in [2.05, 4.69) is 10.3 Å². The number of anilines is 1. The highest BCUT2D eigenvalue weighted by Crippen LogP contribution is 2.09. The summed E-state index contributed by atoms with van der Waals surface area (Å²) in [6, 6.07) is 15.3. The van der Waals surface area contributed by atoms with Gasteiger partial charge in [0.05, 0.1) is 12.2 Å². The summed E-state index contributed by atoms with van der Waals surface area (Å²) in [5.74, 6) is 0. The zero-order valence-corrected chi connectivity index (χ0v) is 11.2. The molecule has 2 aromatic heterocycles. The number of aryl methyl sites for hydroxylation is 1. The van der Waals surface area contributed by atoms with E-state index in [1.54, 1.807) is 16.7 Å². The molecule has 0 aliphatic rings. The molecule has 1 aromatic carbocycles. The fourth-order valence-electron chi connectivity index (χ4n) is 2.15. The molecule has 0 amide bonds. The van der Waals surface area contributed by atoms with E-state index in [-0.39, 0.29) is 5.56 Å². The number of para-hydroxylation sites is 1. The van der Waals surface area contributed by atoms with E-state index < -0.39 is 0 Å². The van der Waals surface area contributed by atoms with Crippen LogP contribution in [0.25, 0.3) is 5.65 Å². The highest BCUT2D eigenvalue weighted by molar-refractivity contribution is 5.47. The van der Waals surface area contributed by atoms with Crippen molar-refractivity contribution in [3.05, 3.63) is 76.3 Å². The lowest BCUT2D eigenvalue weighted by atomic mass is 10.2. The monoisotopic (exact) mass is 265 g/mol. The summed E-state index contributed by atoms with van der Waals surface area (Å²) in [5.41, 5.74) is 3.41. The van der Waals surface area contributed by atoms with Crippen LogP contribution in [0, 0.1) is 6.92 Å². The van der Waals surface area contributed by atoms with Crippen LogP contribution < -0.4 is 10.9 Å². The molecule has 0 radical (unpaired) electrons. The van der Waals surface area contributed by atoms with Crippen molar-refractivity contribution in [1.82, 2.24) is 9.38 Å². The van der Waals surface area contributed by atoms with Gasteiger partial charge in [-0.05, 0) is 30.7 Å². The number of nitrogens with zero attached hydrogens (tertiary/aromatic N) is 2. The number of hydrogen-bond acceptors (Lipinski definition) is 3. The third kappa shape index (κ3) is 2.40. The van der Waals surface area contributed by atoms with Crippen molar-refractivity contribution in [2.24, 2.45) is 0 Å². The molecule has 0 atom stereocenters. The lowest BCUT2D eigenvalue weighted by molar-refractivity contribution is 0.964. The van der Waals surface area contributed by atoms with E-state index in [0.717, 1.165) is 16.9 Å². The fourth-order valence-corrected chi connectivity index (χ4v) is 2.15. The van der Waals surface area contributed by atoms with Crippen molar-refractivity contribution < 1.29 is 0 Å². The molecule has 0 aliphatic carbocycles. The maximum Gasteiger partial charge on any atom is 0.258 e. The van der Waals surface area contributed by atoms with Gasteiger partial charge in [-0.1, -0.05) is 24.3 Å². The molecule has 0 saturated carbocycles. The molecule has 0 fully saturated rings. The van der Waals surface area contributed by atoms with Crippen LogP contribution in [-0.2, 0) is 6.54 Å². The molecule has 4 nitrogen and oxygen atoms in total. The minimum Gasteiger partial charge on any atom is -0.379 e. The molecule has 0 aliphatic heterocycles. The normalized spacial score (nSPS) is 10.7. The highest BCUT2D eigenvalue weighted by Gasteiger charge is 2.04. The first-order valence-corrected chi connectivity index (χ1v) is 6.51. The van der Waals surface area contributed by atoms with Gasteiger partial charge in [-0.3, -0.25) is 9.20 Å². The summed E-state index contributed by atoms with van der Waals surface area (Å²) in [6.07, 6.45) is 1.74. The summed E-state index contributed by atoms with van der Waals surface area (Å²) in [4.78, 5) is 16.6. The van der Waals surface area contributed by atoms with Crippen LogP contribution in [0.2, 0.25) is 0 Å². The molecule has 0 spiro atoms. The molecule has 100 valence electrons. The summed E-state index contributed by atoms with van der Waals surface area (Å²) >= 11 is 0. The minimum atomic E-state index is -0.0523. The molecular formula is C16H15N3O. The maximum absolute atomic E-state index is 12.1. The molecule has 3 rings (SSSR count). The van der Waals surface area contributed by atoms with Gasteiger partial charge >= 0.3 is 0 Å². The van der Waals surface area contributed by atoms with Gasteiger partial charge < -0.3 is 5.32 Å². The van der Waals surface area contributed by atoms with Gasteiger partial charge in [0.15, 0.2) is 0 Å². The van der Waals surface area contributed by atoms with Crippen molar-refractivity contribution in [1.29, 1.82) is 0 Å². The van der Waals surface area contributed by atoms with Gasteiger partial charge in [0.25, 0.3) is 5.56 Å². The summed E-state index contributed by atoms with van der Waals surface area (Å²) in [6.45, 7) is 2.49. The number of pyridine rings is 1. The second-order valence-electron chi connectivity index (χ2n) is 4.69. The minimum absolute atomic E-state index is 0.0523. The Kier molecular flexibility index (Phi) is 3.21. The third-order valence-corrected chi connectivity index (χ3v) is 3.19. The first-order chi connectivity index (χ1) is 9.74. The summed E-state index contributed by atoms with van der Waals surface area (Å²) in [7, 11) is 0. The molecule has 0 bridgehead atoms. The number of nitrogens with one attached hydrogen (secondary N) is 1. The van der Waals surface area contributed by atoms with E-state index in [9.17, 15) is 4.79 Å². The van der Waals surface area contributed by atoms with Gasteiger partial charge in [-0.15, -0.1) is 0 Å². The van der Waals surface area contributed by atoms with Crippen LogP contribution in [0.4, 0.5) is 5.69 Å². The topological polar surface area (TPSA) is 46.4 Å². The molecule has 20 heavy (non-hydrogen) atoms. The molecule has 1 N–H and O–H groups in total. The number of fused-ring (bicyclic) bond motifs is 1. The van der Waals surface area contributed by atoms with Crippen molar-refractivity contribution in [2.45, 2.75) is 13.5 Å². The predicted octanol–water partition coefficient (Wildman–Crippen LogP) is 2.62. The standard InChI is InChI=1S/C16H15N3O/c1-12-6-5-9-19-15(20)10-14(18-16(12)19)11-17-13-7-3-2-4-8-13/h2-10,17H,11H2,1H3. The summed E-state index contributed by atoms with van der Waals surface area (Å²) < 4.78 is 1.57. The van der Waals surface area contributed by atoms with E-state index >= 15 is 0 Å². The van der Waals surface area contributed by atoms with Gasteiger partial charge in [-0.2, -0.15) is 0 Å². The van der Waals surface area contributed by atoms with Crippen molar-refractivity contribution in [3.63, 3.8) is 0 Å². The Bertz CT molecular complexity index is 794. The smallest absolute Gasteiger partial charge is 0.258 e. The second kappa shape index (κ2) is 5.17. The summed E-state index contributed by atoms with van der Waals surface area (Å²) in [5, 5.41) is 3.26. The van der Waals surface area contributed by atoms with Gasteiger partial charge in [0.1, 0.15) is 5.65 Å². The number of rotatable bonds is 3. The van der Waals surface area contributed by atoms with Gasteiger partial charge in [-0.25, -0.2) is 4.98 Å². The van der Waals surface area contributed by atoms with E-state index in [1.807, 2.05) is 49.4 Å². The van der Waals surface area contributed by atoms with E-state index in [1.165, 1.54) is 0 Å². The second-order valence-corrected chi connectivity index (χ2v) is 4.69. The van der Waals surface area contributed by atoms with Crippen molar-refractivity contribution in [3.8, 4) is 0 Å². The Balaban J connectivity index is 1.93. The number of hydrogen-bond donors (Lipinski definition) is 1. The van der Waals surface area contributed by atoms with Crippen LogP contribution in [0.5, 0.6) is 0 Å². The lowest BCUT2D eigenvalue weighted by Crippen LogP contribution is -2.17. The van der Waals surface area contributed by atoms with Crippen LogP contribution in [0.3, 0.4) is 0 Å². The largest absolute Gasteiger partial charge is 0.379 e. The number of aromatic nitrogens is 2. The first-order valence-electron chi connectivity index (χ1n) is 6.51. The molecule has 2 heterocycles. The highest BCUT2D eigenvalue weighted by atomic mass is 16.1. The SMILES string of the molecule is Cc1cccn2c(=O)cc(CNc3ccccc3)nc12. The van der Waals surface area contributed by atoms with E-state index in [0.29, 0.717) is 12.2 Å². The molecular weight excluding hydrogens is 250 g/mol. The Hall–Kier alpha value is -2.62. The zero-order valence-electron chi connectivity index (χ0n) is 11.2. The predicted molar refractivity (Wildman–Crippen MR) is 80.0 cm³/mol. The molecule has 4 heteroatoms. The Labute approximate surface area is 116 Å². The van der Waals surface area contributed by atoms with Gasteiger partial charge in [0.2, 0.25) is 0 Å². The van der Waals surface area contributed by atoms with E-state index in [4.69, 9.17) is 0 Å². The maximum atomic E-state index is 12.1. The van der Waals surface area contributed by atoms with Crippen LogP contribution >= 0.6 is 0 Å². The molecule has 3 aromatic rings. The quantitative estimate of drug-likeness (QED) is 0.792. The first kappa shape index (κ1) is 12.4. The Morgan fingerprint density at radius 3 is 2.75 bits per heavy atom. The average molecular weight is 265 g/mol. The lowest BCUT2D eigenvalue weighted by Gasteiger charge is -2.08. The molecule has 0 saturated heterocycles. The van der Waals surface area contributed by atoms with Crippen molar-refractivity contribution in [2.75, 3.05) is 5.32 Å². The fraction of sp³-hybridized carbons (Fsp3) is 0.125. The number of benzene rings is 1.